The highest BCUT2D eigenvalue weighted by Crippen LogP contribution is 2.40. The molecule has 0 spiro atoms. The smallest absolute Gasteiger partial charge is 0.160 e. The first kappa shape index (κ1) is 15.4. The fourth-order valence-corrected chi connectivity index (χ4v) is 3.38. The van der Waals surface area contributed by atoms with Crippen LogP contribution >= 0.6 is 0 Å². The van der Waals surface area contributed by atoms with Crippen LogP contribution in [-0.4, -0.2) is 30.0 Å². The Balaban J connectivity index is 2.08. The van der Waals surface area contributed by atoms with Crippen LogP contribution in [0, 0.1) is 11.8 Å². The lowest BCUT2D eigenvalue weighted by atomic mass is 9.77. The van der Waals surface area contributed by atoms with Gasteiger partial charge in [-0.25, -0.2) is 0 Å². The second-order valence-corrected chi connectivity index (χ2v) is 6.42. The highest BCUT2D eigenvalue weighted by molar-refractivity contribution is 5.29. The number of aryl methyl sites for hydroxylation is 1. The molecule has 1 aromatic rings. The molecule has 20 heavy (non-hydrogen) atoms. The van der Waals surface area contributed by atoms with Gasteiger partial charge in [0, 0.05) is 13.0 Å². The Hall–Kier alpha value is -1.03. The van der Waals surface area contributed by atoms with Crippen molar-refractivity contribution in [2.75, 3.05) is 20.2 Å². The largest absolute Gasteiger partial charge is 0.493 e. The predicted molar refractivity (Wildman–Crippen MR) is 82.2 cm³/mol. The second-order valence-electron chi connectivity index (χ2n) is 6.42. The van der Waals surface area contributed by atoms with Crippen LogP contribution in [0.15, 0.2) is 6.20 Å². The van der Waals surface area contributed by atoms with Crippen molar-refractivity contribution in [3.63, 3.8) is 0 Å². The molecule has 0 bridgehead atoms. The maximum Gasteiger partial charge on any atom is 0.160 e. The summed E-state index contributed by atoms with van der Waals surface area (Å²) in [6, 6.07) is 0. The van der Waals surface area contributed by atoms with Gasteiger partial charge in [-0.2, -0.15) is 5.10 Å². The fourth-order valence-electron chi connectivity index (χ4n) is 3.38. The summed E-state index contributed by atoms with van der Waals surface area (Å²) in [5, 5.41) is 8.01. The number of nitrogens with one attached hydrogen (secondary N) is 1. The van der Waals surface area contributed by atoms with Crippen LogP contribution in [-0.2, 0) is 7.05 Å². The van der Waals surface area contributed by atoms with E-state index in [4.69, 9.17) is 4.74 Å². The van der Waals surface area contributed by atoms with Gasteiger partial charge in [-0.3, -0.25) is 4.68 Å². The third-order valence-electron chi connectivity index (χ3n) is 4.39. The van der Waals surface area contributed by atoms with Gasteiger partial charge >= 0.3 is 0 Å². The summed E-state index contributed by atoms with van der Waals surface area (Å²) in [6.07, 6.45) is 7.08. The number of rotatable bonds is 6. The van der Waals surface area contributed by atoms with E-state index in [-0.39, 0.29) is 0 Å². The van der Waals surface area contributed by atoms with E-state index in [1.54, 1.807) is 7.11 Å². The first-order valence-corrected chi connectivity index (χ1v) is 7.90. The van der Waals surface area contributed by atoms with Gasteiger partial charge < -0.3 is 10.1 Å². The molecule has 2 unspecified atom stereocenters. The molecule has 0 radical (unpaired) electrons. The minimum Gasteiger partial charge on any atom is -0.493 e. The maximum absolute atomic E-state index is 5.51. The van der Waals surface area contributed by atoms with Gasteiger partial charge in [-0.1, -0.05) is 26.7 Å². The molecule has 1 fully saturated rings. The molecule has 0 saturated heterocycles. The Morgan fingerprint density at radius 1 is 1.40 bits per heavy atom. The van der Waals surface area contributed by atoms with Crippen molar-refractivity contribution in [3.05, 3.63) is 11.9 Å². The summed E-state index contributed by atoms with van der Waals surface area (Å²) in [4.78, 5) is 0. The summed E-state index contributed by atoms with van der Waals surface area (Å²) >= 11 is 0. The van der Waals surface area contributed by atoms with Crippen LogP contribution in [0.2, 0.25) is 0 Å². The van der Waals surface area contributed by atoms with E-state index in [2.05, 4.69) is 24.3 Å². The zero-order valence-corrected chi connectivity index (χ0v) is 13.4. The Kier molecular flexibility index (Phi) is 5.46. The molecule has 1 N–H and O–H groups in total. The van der Waals surface area contributed by atoms with Crippen LogP contribution < -0.4 is 10.1 Å². The zero-order chi connectivity index (χ0) is 14.5. The number of hydrogen-bond donors (Lipinski definition) is 1. The number of aromatic nitrogens is 2. The molecule has 1 aromatic heterocycles. The van der Waals surface area contributed by atoms with Crippen molar-refractivity contribution in [1.82, 2.24) is 15.1 Å². The highest BCUT2D eigenvalue weighted by Gasteiger charge is 2.30. The van der Waals surface area contributed by atoms with Crippen LogP contribution in [0.25, 0.3) is 0 Å². The lowest BCUT2D eigenvalue weighted by Gasteiger charge is -2.32. The van der Waals surface area contributed by atoms with Crippen LogP contribution in [0.4, 0.5) is 0 Å². The third kappa shape index (κ3) is 3.54. The van der Waals surface area contributed by atoms with Gasteiger partial charge in [-0.15, -0.1) is 0 Å². The third-order valence-corrected chi connectivity index (χ3v) is 4.39. The van der Waals surface area contributed by atoms with E-state index in [0.29, 0.717) is 17.8 Å². The van der Waals surface area contributed by atoms with Crippen molar-refractivity contribution in [3.8, 4) is 5.75 Å². The van der Waals surface area contributed by atoms with Gasteiger partial charge in [-0.05, 0) is 37.8 Å². The highest BCUT2D eigenvalue weighted by atomic mass is 16.5. The van der Waals surface area contributed by atoms with Gasteiger partial charge in [0.2, 0.25) is 0 Å². The van der Waals surface area contributed by atoms with E-state index < -0.39 is 0 Å². The standard InChI is InChI=1S/C16H29N3O/c1-12(2)9-17-10-13-7-5-6-8-14(13)16-15(20-4)11-18-19(16)3/h11-14,17H,5-10H2,1-4H3. The van der Waals surface area contributed by atoms with E-state index >= 15 is 0 Å². The average Bonchev–Trinajstić information content (AvgIpc) is 2.80. The van der Waals surface area contributed by atoms with Crippen LogP contribution in [0.1, 0.15) is 51.1 Å². The van der Waals surface area contributed by atoms with Crippen molar-refractivity contribution in [2.45, 2.75) is 45.4 Å². The molecule has 4 nitrogen and oxygen atoms in total. The van der Waals surface area contributed by atoms with Crippen LogP contribution in [0.5, 0.6) is 5.75 Å². The Labute approximate surface area is 122 Å². The minimum absolute atomic E-state index is 0.575. The molecule has 1 aliphatic rings. The summed E-state index contributed by atoms with van der Waals surface area (Å²) in [6.45, 7) is 6.73. The number of methoxy groups -OCH3 is 1. The fraction of sp³-hybridized carbons (Fsp3) is 0.812. The predicted octanol–water partition coefficient (Wildman–Crippen LogP) is 2.95. The van der Waals surface area contributed by atoms with Gasteiger partial charge in [0.05, 0.1) is 19.0 Å². The molecule has 1 aliphatic carbocycles. The summed E-state index contributed by atoms with van der Waals surface area (Å²) in [5.74, 6) is 2.94. The Bertz CT molecular complexity index is 414. The second kappa shape index (κ2) is 7.11. The molecule has 2 rings (SSSR count). The number of ether oxygens (including phenoxy) is 1. The average molecular weight is 279 g/mol. The van der Waals surface area contributed by atoms with E-state index in [1.807, 2.05) is 17.9 Å². The van der Waals surface area contributed by atoms with E-state index in [9.17, 15) is 0 Å². The lowest BCUT2D eigenvalue weighted by molar-refractivity contribution is 0.275. The van der Waals surface area contributed by atoms with Gasteiger partial charge in [0.1, 0.15) is 0 Å². The first-order valence-electron chi connectivity index (χ1n) is 7.90. The molecule has 0 aromatic carbocycles. The molecule has 2 atom stereocenters. The molecule has 4 heteroatoms. The van der Waals surface area contributed by atoms with E-state index in [1.165, 1.54) is 31.4 Å². The normalized spacial score (nSPS) is 23.2. The van der Waals surface area contributed by atoms with E-state index in [0.717, 1.165) is 18.8 Å². The van der Waals surface area contributed by atoms with Crippen molar-refractivity contribution in [2.24, 2.45) is 18.9 Å². The first-order chi connectivity index (χ1) is 9.63. The van der Waals surface area contributed by atoms with Crippen molar-refractivity contribution < 1.29 is 4.74 Å². The quantitative estimate of drug-likeness (QED) is 0.870. The minimum atomic E-state index is 0.575. The topological polar surface area (TPSA) is 39.1 Å². The molecule has 0 aliphatic heterocycles. The summed E-state index contributed by atoms with van der Waals surface area (Å²) in [5.41, 5.74) is 1.28. The molecular formula is C16H29N3O. The monoisotopic (exact) mass is 279 g/mol. The van der Waals surface area contributed by atoms with Crippen LogP contribution in [0.3, 0.4) is 0 Å². The Morgan fingerprint density at radius 3 is 2.85 bits per heavy atom. The van der Waals surface area contributed by atoms with Crippen molar-refractivity contribution >= 4 is 0 Å². The van der Waals surface area contributed by atoms with Crippen molar-refractivity contribution in [1.29, 1.82) is 0 Å². The molecule has 1 saturated carbocycles. The molecule has 1 heterocycles. The molecule has 0 amide bonds. The molecular weight excluding hydrogens is 250 g/mol. The zero-order valence-electron chi connectivity index (χ0n) is 13.4. The van der Waals surface area contributed by atoms with Gasteiger partial charge in [0.25, 0.3) is 0 Å². The number of nitrogens with zero attached hydrogens (tertiary/aromatic N) is 2. The Morgan fingerprint density at radius 2 is 2.15 bits per heavy atom. The lowest BCUT2D eigenvalue weighted by Crippen LogP contribution is -2.32. The summed E-state index contributed by atoms with van der Waals surface area (Å²) in [7, 11) is 3.78. The number of hydrogen-bond acceptors (Lipinski definition) is 3. The summed E-state index contributed by atoms with van der Waals surface area (Å²) < 4.78 is 7.51. The SMILES string of the molecule is COc1cnn(C)c1C1CCCCC1CNCC(C)C. The van der Waals surface area contributed by atoms with Gasteiger partial charge in [0.15, 0.2) is 5.75 Å². The molecule has 114 valence electrons. The maximum atomic E-state index is 5.51.